The van der Waals surface area contributed by atoms with Crippen molar-refractivity contribution in [2.24, 2.45) is 0 Å². The summed E-state index contributed by atoms with van der Waals surface area (Å²) in [5.41, 5.74) is 14.6. The van der Waals surface area contributed by atoms with Crippen LogP contribution in [0.3, 0.4) is 0 Å². The van der Waals surface area contributed by atoms with Gasteiger partial charge in [0.25, 0.3) is 0 Å². The molecular formula is C64H40N2. The van der Waals surface area contributed by atoms with Gasteiger partial charge in [0.05, 0.1) is 22.1 Å². The summed E-state index contributed by atoms with van der Waals surface area (Å²) in [6.07, 6.45) is 0. The van der Waals surface area contributed by atoms with E-state index in [1.165, 1.54) is 131 Å². The predicted molar refractivity (Wildman–Crippen MR) is 281 cm³/mol. The Kier molecular flexibility index (Phi) is 8.02. The van der Waals surface area contributed by atoms with Gasteiger partial charge in [0.2, 0.25) is 0 Å². The normalized spacial score (nSPS) is 11.9. The van der Waals surface area contributed by atoms with Crippen molar-refractivity contribution in [1.82, 2.24) is 9.13 Å². The Hall–Kier alpha value is -8.72. The quantitative estimate of drug-likeness (QED) is 0.163. The third-order valence-corrected chi connectivity index (χ3v) is 14.1. The lowest BCUT2D eigenvalue weighted by Gasteiger charge is -2.16. The van der Waals surface area contributed by atoms with Crippen LogP contribution in [0.1, 0.15) is 0 Å². The molecule has 2 heteroatoms. The molecule has 2 heterocycles. The van der Waals surface area contributed by atoms with Crippen LogP contribution in [0.2, 0.25) is 0 Å². The van der Waals surface area contributed by atoms with Crippen molar-refractivity contribution in [3.63, 3.8) is 0 Å². The Morgan fingerprint density at radius 1 is 0.197 bits per heavy atom. The van der Waals surface area contributed by atoms with Crippen molar-refractivity contribution in [3.05, 3.63) is 243 Å². The van der Waals surface area contributed by atoms with Crippen molar-refractivity contribution < 1.29 is 0 Å². The van der Waals surface area contributed by atoms with Crippen molar-refractivity contribution in [2.45, 2.75) is 0 Å². The van der Waals surface area contributed by atoms with E-state index < -0.39 is 0 Å². The first kappa shape index (κ1) is 36.7. The Labute approximate surface area is 381 Å². The molecule has 0 saturated carbocycles. The summed E-state index contributed by atoms with van der Waals surface area (Å²) in [5.74, 6) is 0. The molecule has 0 atom stereocenters. The molecule has 0 saturated heterocycles. The number of fused-ring (bicyclic) bond motifs is 10. The molecule has 66 heavy (non-hydrogen) atoms. The molecule has 0 unspecified atom stereocenters. The van der Waals surface area contributed by atoms with E-state index in [2.05, 4.69) is 252 Å². The van der Waals surface area contributed by atoms with Gasteiger partial charge in [0.1, 0.15) is 0 Å². The first-order chi connectivity index (χ1) is 32.7. The van der Waals surface area contributed by atoms with E-state index >= 15 is 0 Å². The van der Waals surface area contributed by atoms with Crippen LogP contribution in [0.15, 0.2) is 243 Å². The largest absolute Gasteiger partial charge is 0.309 e. The molecule has 306 valence electrons. The van der Waals surface area contributed by atoms with Crippen molar-refractivity contribution in [2.75, 3.05) is 0 Å². The van der Waals surface area contributed by atoms with Crippen LogP contribution in [-0.2, 0) is 0 Å². The van der Waals surface area contributed by atoms with Crippen LogP contribution in [-0.4, -0.2) is 9.13 Å². The molecule has 0 aliphatic rings. The molecular weight excluding hydrogens is 797 g/mol. The van der Waals surface area contributed by atoms with E-state index in [1.807, 2.05) is 0 Å². The van der Waals surface area contributed by atoms with Crippen LogP contribution in [0.5, 0.6) is 0 Å². The Bertz CT molecular complexity index is 3910. The zero-order chi connectivity index (χ0) is 43.3. The zero-order valence-electron chi connectivity index (χ0n) is 36.0. The first-order valence-electron chi connectivity index (χ1n) is 22.8. The molecule has 0 fully saturated rings. The number of aromatic nitrogens is 2. The summed E-state index contributed by atoms with van der Waals surface area (Å²) in [6.45, 7) is 0. The van der Waals surface area contributed by atoms with E-state index in [1.54, 1.807) is 0 Å². The van der Waals surface area contributed by atoms with Crippen molar-refractivity contribution in [3.8, 4) is 44.8 Å². The van der Waals surface area contributed by atoms with E-state index in [0.717, 1.165) is 0 Å². The minimum Gasteiger partial charge on any atom is -0.309 e. The maximum Gasteiger partial charge on any atom is 0.0541 e. The lowest BCUT2D eigenvalue weighted by molar-refractivity contribution is 1.19. The van der Waals surface area contributed by atoms with Gasteiger partial charge < -0.3 is 9.13 Å². The minimum atomic E-state index is 1.17. The Morgan fingerprint density at radius 3 is 0.833 bits per heavy atom. The maximum atomic E-state index is 2.39. The first-order valence-corrected chi connectivity index (χ1v) is 22.8. The van der Waals surface area contributed by atoms with E-state index in [9.17, 15) is 0 Å². The van der Waals surface area contributed by atoms with Crippen LogP contribution >= 0.6 is 0 Å². The molecule has 0 aliphatic heterocycles. The number of benzene rings is 12. The Morgan fingerprint density at radius 2 is 0.470 bits per heavy atom. The fourth-order valence-electron chi connectivity index (χ4n) is 11.1. The van der Waals surface area contributed by atoms with E-state index in [0.29, 0.717) is 0 Å². The van der Waals surface area contributed by atoms with Gasteiger partial charge in [0, 0.05) is 32.9 Å². The highest BCUT2D eigenvalue weighted by molar-refractivity contribution is 6.14. The van der Waals surface area contributed by atoms with Crippen LogP contribution in [0.4, 0.5) is 0 Å². The topological polar surface area (TPSA) is 9.86 Å². The average Bonchev–Trinajstić information content (AvgIpc) is 3.91. The standard InChI is InChI=1S/C64H40N2/c1-3-15-53-51(13-1)49(45-27-25-43-39-47(31-29-41(43)37-45)65-61-21-9-5-17-57(61)58-18-6-10-22-62(58)65)33-35-55(53)56-36-34-50(52-14-2-4-16-54(52)56)46-28-26-44-40-48(32-30-42(44)38-46)66-63-23-11-7-19-59(63)60-20-8-12-24-64(60)66/h1-40H. The van der Waals surface area contributed by atoms with Gasteiger partial charge in [-0.3, -0.25) is 0 Å². The lowest BCUT2D eigenvalue weighted by atomic mass is 9.87. The lowest BCUT2D eigenvalue weighted by Crippen LogP contribution is -1.94. The molecule has 0 amide bonds. The summed E-state index contributed by atoms with van der Waals surface area (Å²) >= 11 is 0. The summed E-state index contributed by atoms with van der Waals surface area (Å²) in [4.78, 5) is 0. The number of para-hydroxylation sites is 4. The second kappa shape index (κ2) is 14.4. The fourth-order valence-corrected chi connectivity index (χ4v) is 11.1. The van der Waals surface area contributed by atoms with E-state index in [4.69, 9.17) is 0 Å². The molecule has 0 spiro atoms. The van der Waals surface area contributed by atoms with Gasteiger partial charge in [0.15, 0.2) is 0 Å². The molecule has 14 aromatic rings. The second-order valence-electron chi connectivity index (χ2n) is 17.6. The summed E-state index contributed by atoms with van der Waals surface area (Å²) in [6, 6.07) is 89.6. The summed E-state index contributed by atoms with van der Waals surface area (Å²) < 4.78 is 4.79. The van der Waals surface area contributed by atoms with Crippen LogP contribution < -0.4 is 0 Å². The van der Waals surface area contributed by atoms with Gasteiger partial charge >= 0.3 is 0 Å². The number of hydrogen-bond donors (Lipinski definition) is 0. The molecule has 0 bridgehead atoms. The molecule has 0 N–H and O–H groups in total. The molecule has 2 aromatic heterocycles. The van der Waals surface area contributed by atoms with Gasteiger partial charge in [-0.1, -0.05) is 182 Å². The second-order valence-corrected chi connectivity index (χ2v) is 17.6. The van der Waals surface area contributed by atoms with Crippen molar-refractivity contribution >= 4 is 86.7 Å². The highest BCUT2D eigenvalue weighted by Gasteiger charge is 2.17. The average molecular weight is 837 g/mol. The summed E-state index contributed by atoms with van der Waals surface area (Å²) in [7, 11) is 0. The molecule has 0 radical (unpaired) electrons. The third kappa shape index (κ3) is 5.55. The van der Waals surface area contributed by atoms with Gasteiger partial charge in [-0.15, -0.1) is 0 Å². The van der Waals surface area contributed by atoms with Gasteiger partial charge in [-0.05, 0) is 137 Å². The fraction of sp³-hybridized carbons (Fsp3) is 0. The minimum absolute atomic E-state index is 1.17. The van der Waals surface area contributed by atoms with Gasteiger partial charge in [-0.2, -0.15) is 0 Å². The predicted octanol–water partition coefficient (Wildman–Crippen LogP) is 17.5. The smallest absolute Gasteiger partial charge is 0.0541 e. The summed E-state index contributed by atoms with van der Waals surface area (Å²) in [5, 5.41) is 15.0. The zero-order valence-corrected chi connectivity index (χ0v) is 36.0. The number of rotatable bonds is 5. The molecule has 0 aliphatic carbocycles. The molecule has 2 nitrogen and oxygen atoms in total. The maximum absolute atomic E-state index is 2.39. The molecule has 14 rings (SSSR count). The van der Waals surface area contributed by atoms with Gasteiger partial charge in [-0.25, -0.2) is 0 Å². The monoisotopic (exact) mass is 836 g/mol. The SMILES string of the molecule is c1ccc2c(-c3ccc(-c4ccc5cc(-n6c7ccccc7c7ccccc76)ccc5c4)c4ccccc34)ccc(-c3ccc4cc(-n5c6ccccc6c6ccccc65)ccc4c3)c2c1. The highest BCUT2D eigenvalue weighted by atomic mass is 15.0. The third-order valence-electron chi connectivity index (χ3n) is 14.1. The number of nitrogens with zero attached hydrogens (tertiary/aromatic N) is 2. The highest BCUT2D eigenvalue weighted by Crippen LogP contribution is 2.43. The van der Waals surface area contributed by atoms with Crippen LogP contribution in [0, 0.1) is 0 Å². The number of hydrogen-bond acceptors (Lipinski definition) is 0. The molecule has 12 aromatic carbocycles. The van der Waals surface area contributed by atoms with E-state index in [-0.39, 0.29) is 0 Å². The van der Waals surface area contributed by atoms with Crippen LogP contribution in [0.25, 0.3) is 131 Å². The van der Waals surface area contributed by atoms with Crippen molar-refractivity contribution in [1.29, 1.82) is 0 Å². The Balaban J connectivity index is 0.831.